The highest BCUT2D eigenvalue weighted by Gasteiger charge is 2.24. The molecule has 0 bridgehead atoms. The van der Waals surface area contributed by atoms with E-state index in [1.54, 1.807) is 19.1 Å². The van der Waals surface area contributed by atoms with Crippen molar-refractivity contribution in [2.24, 2.45) is 23.0 Å². The van der Waals surface area contributed by atoms with Crippen LogP contribution in [-0.4, -0.2) is 18.9 Å². The Hall–Kier alpha value is -2.85. The van der Waals surface area contributed by atoms with Crippen LogP contribution in [0.25, 0.3) is 0 Å². The van der Waals surface area contributed by atoms with E-state index in [9.17, 15) is 0 Å². The van der Waals surface area contributed by atoms with Gasteiger partial charge in [0.1, 0.15) is 18.3 Å². The number of benzene rings is 1. The molecule has 0 spiro atoms. The molecule has 0 heterocycles. The Morgan fingerprint density at radius 1 is 1.08 bits per heavy atom. The number of rotatable bonds is 5. The summed E-state index contributed by atoms with van der Waals surface area (Å²) in [4.78, 5) is 8.00. The summed E-state index contributed by atoms with van der Waals surface area (Å²) in [7, 11) is 1.50. The Bertz CT molecular complexity index is 819. The second kappa shape index (κ2) is 22.6. The van der Waals surface area contributed by atoms with Crippen molar-refractivity contribution in [1.82, 2.24) is 0 Å². The van der Waals surface area contributed by atoms with E-state index in [0.717, 1.165) is 17.4 Å². The van der Waals surface area contributed by atoms with Gasteiger partial charge in [-0.05, 0) is 89.6 Å². The molecule has 1 aromatic rings. The molecular formula is C32H53NO3. The predicted octanol–water partition coefficient (Wildman–Crippen LogP) is 8.90. The molecule has 36 heavy (non-hydrogen) atoms. The van der Waals surface area contributed by atoms with E-state index < -0.39 is 0 Å². The summed E-state index contributed by atoms with van der Waals surface area (Å²) >= 11 is 0. The molecule has 1 aliphatic rings. The Morgan fingerprint density at radius 3 is 1.97 bits per heavy atom. The van der Waals surface area contributed by atoms with Crippen molar-refractivity contribution in [3.05, 3.63) is 89.5 Å². The lowest BCUT2D eigenvalue weighted by atomic mass is 9.75. The van der Waals surface area contributed by atoms with Gasteiger partial charge in [-0.15, -0.1) is 0 Å². The van der Waals surface area contributed by atoms with Crippen LogP contribution in [0.5, 0.6) is 5.75 Å². The minimum atomic E-state index is 0.266. The molecule has 0 aromatic heterocycles. The number of ether oxygens (including phenoxy) is 1. The molecule has 4 heteroatoms. The van der Waals surface area contributed by atoms with Crippen LogP contribution in [0, 0.1) is 24.2 Å². The first-order valence-corrected chi connectivity index (χ1v) is 12.5. The Kier molecular flexibility index (Phi) is 23.7. The summed E-state index contributed by atoms with van der Waals surface area (Å²) in [5, 5.41) is 8.96. The summed E-state index contributed by atoms with van der Waals surface area (Å²) in [6.07, 6.45) is 15.9. The first-order chi connectivity index (χ1) is 16.9. The molecule has 0 amide bonds. The van der Waals surface area contributed by atoms with Crippen LogP contribution in [-0.2, 0) is 4.79 Å². The molecule has 1 aromatic carbocycles. The van der Waals surface area contributed by atoms with Crippen molar-refractivity contribution in [2.45, 2.75) is 75.7 Å². The van der Waals surface area contributed by atoms with E-state index in [4.69, 9.17) is 14.6 Å². The number of carbonyl (C=O) groups is 1. The maximum Gasteiger partial charge on any atom is 0.126 e. The van der Waals surface area contributed by atoms with E-state index in [0.29, 0.717) is 11.3 Å². The van der Waals surface area contributed by atoms with Crippen molar-refractivity contribution in [2.75, 3.05) is 7.05 Å². The fraction of sp³-hybridized carbons (Fsp3) is 0.469. The first kappa shape index (κ1) is 37.7. The Balaban J connectivity index is -0.000000473. The summed E-state index contributed by atoms with van der Waals surface area (Å²) in [6.45, 7) is 22.9. The lowest BCUT2D eigenvalue weighted by molar-refractivity contribution is -0.0980. The van der Waals surface area contributed by atoms with Crippen molar-refractivity contribution in [3.63, 3.8) is 0 Å². The van der Waals surface area contributed by atoms with Crippen LogP contribution in [0.4, 0.5) is 0 Å². The second-order valence-corrected chi connectivity index (χ2v) is 9.70. The molecule has 0 fully saturated rings. The molecule has 1 aliphatic carbocycles. The van der Waals surface area contributed by atoms with Crippen LogP contribution < -0.4 is 10.5 Å². The van der Waals surface area contributed by atoms with Gasteiger partial charge in [-0.2, -0.15) is 0 Å². The van der Waals surface area contributed by atoms with Gasteiger partial charge in [0.25, 0.3) is 0 Å². The average molecular weight is 500 g/mol. The Labute approximate surface area is 222 Å². The van der Waals surface area contributed by atoms with E-state index in [2.05, 4.69) is 84.6 Å². The topological polar surface area (TPSA) is 72.5 Å². The zero-order valence-corrected chi connectivity index (χ0v) is 24.8. The van der Waals surface area contributed by atoms with Crippen LogP contribution in [0.3, 0.4) is 0 Å². The monoisotopic (exact) mass is 499 g/mol. The second-order valence-electron chi connectivity index (χ2n) is 9.70. The molecule has 0 saturated carbocycles. The molecule has 1 unspecified atom stereocenters. The SMILES string of the molecule is C/C(O)=C\C=C(/C)Oc1ccc(C)cc1.C=O.CC(C)C.CC=CC(C)(C)C1C=CC(C)=CC1.CN. The molecule has 0 radical (unpaired) electrons. The predicted molar refractivity (Wildman–Crippen MR) is 159 cm³/mol. The molecule has 0 aliphatic heterocycles. The molecule has 4 nitrogen and oxygen atoms in total. The number of hydrogen-bond donors (Lipinski definition) is 2. The Morgan fingerprint density at radius 2 is 1.58 bits per heavy atom. The van der Waals surface area contributed by atoms with E-state index in [1.165, 1.54) is 24.6 Å². The van der Waals surface area contributed by atoms with Crippen molar-refractivity contribution >= 4 is 6.79 Å². The van der Waals surface area contributed by atoms with Gasteiger partial charge < -0.3 is 20.4 Å². The third-order valence-corrected chi connectivity index (χ3v) is 4.70. The maximum atomic E-state index is 8.96. The fourth-order valence-electron chi connectivity index (χ4n) is 2.90. The summed E-state index contributed by atoms with van der Waals surface area (Å²) < 4.78 is 5.53. The first-order valence-electron chi connectivity index (χ1n) is 12.5. The third-order valence-electron chi connectivity index (χ3n) is 4.70. The molecule has 2 rings (SSSR count). The highest BCUT2D eigenvalue weighted by molar-refractivity contribution is 5.28. The number of nitrogens with two attached hydrogens (primary N) is 1. The van der Waals surface area contributed by atoms with Gasteiger partial charge in [-0.1, -0.05) is 88.3 Å². The number of aliphatic hydroxyl groups excluding tert-OH is 1. The van der Waals surface area contributed by atoms with Crippen molar-refractivity contribution in [1.29, 1.82) is 0 Å². The maximum absolute atomic E-state index is 8.96. The molecular weight excluding hydrogens is 446 g/mol. The number of carbonyl (C=O) groups excluding carboxylic acids is 1. The van der Waals surface area contributed by atoms with Gasteiger partial charge in [0.05, 0.1) is 5.76 Å². The lowest BCUT2D eigenvalue weighted by Gasteiger charge is -2.30. The largest absolute Gasteiger partial charge is 0.513 e. The van der Waals surface area contributed by atoms with Crippen LogP contribution in [0.2, 0.25) is 0 Å². The van der Waals surface area contributed by atoms with Crippen LogP contribution in [0.15, 0.2) is 83.9 Å². The van der Waals surface area contributed by atoms with Crippen LogP contribution in [0.1, 0.15) is 74.3 Å². The average Bonchev–Trinajstić information content (AvgIpc) is 2.82. The minimum absolute atomic E-state index is 0.266. The fourth-order valence-corrected chi connectivity index (χ4v) is 2.90. The summed E-state index contributed by atoms with van der Waals surface area (Å²) in [5.41, 5.74) is 7.39. The summed E-state index contributed by atoms with van der Waals surface area (Å²) in [6, 6.07) is 7.83. The molecule has 0 saturated heterocycles. The third kappa shape index (κ3) is 21.7. The number of hydrogen-bond acceptors (Lipinski definition) is 4. The number of aliphatic hydroxyl groups is 1. The van der Waals surface area contributed by atoms with Crippen molar-refractivity contribution in [3.8, 4) is 5.75 Å². The zero-order chi connectivity index (χ0) is 28.7. The quantitative estimate of drug-likeness (QED) is 0.241. The standard InChI is InChI=1S/C13H16O2.C13H20.C4H10.CH5N.CH2O/c1-10-4-8-13(9-5-10)15-12(3)7-6-11(2)14;1-5-10-13(3,4)12-8-6-11(2)7-9-12;1-4(2)3;2*1-2/h4-9,14H,1-3H3;5-8,10,12H,9H2,1-4H3;4H,1-3H3;2H2,1H3;1H2/b11-6+,12-7+;;;;. The minimum Gasteiger partial charge on any atom is -0.513 e. The lowest BCUT2D eigenvalue weighted by Crippen LogP contribution is -2.20. The van der Waals surface area contributed by atoms with Gasteiger partial charge in [-0.3, -0.25) is 0 Å². The van der Waals surface area contributed by atoms with Gasteiger partial charge in [-0.25, -0.2) is 0 Å². The molecule has 3 N–H and O–H groups in total. The van der Waals surface area contributed by atoms with Gasteiger partial charge in [0.2, 0.25) is 0 Å². The summed E-state index contributed by atoms with van der Waals surface area (Å²) in [5.74, 6) is 3.31. The van der Waals surface area contributed by atoms with Crippen LogP contribution >= 0.6 is 0 Å². The zero-order valence-electron chi connectivity index (χ0n) is 24.8. The highest BCUT2D eigenvalue weighted by atomic mass is 16.5. The van der Waals surface area contributed by atoms with E-state index in [1.807, 2.05) is 44.9 Å². The van der Waals surface area contributed by atoms with Gasteiger partial charge >= 0.3 is 0 Å². The number of aryl methyl sites for hydroxylation is 1. The molecule has 1 atom stereocenters. The normalized spacial score (nSPS) is 15.1. The highest BCUT2D eigenvalue weighted by Crippen LogP contribution is 2.34. The van der Waals surface area contributed by atoms with Crippen molar-refractivity contribution < 1.29 is 14.6 Å². The molecule has 204 valence electrons. The smallest absolute Gasteiger partial charge is 0.126 e. The van der Waals surface area contributed by atoms with Gasteiger partial charge in [0, 0.05) is 0 Å². The van der Waals surface area contributed by atoms with Gasteiger partial charge in [0.15, 0.2) is 0 Å². The number of allylic oxidation sites excluding steroid dienone is 10. The van der Waals surface area contributed by atoms with E-state index >= 15 is 0 Å². The van der Waals surface area contributed by atoms with E-state index in [-0.39, 0.29) is 5.76 Å².